The molecule has 0 N–H and O–H groups in total. The van der Waals surface area contributed by atoms with Crippen LogP contribution in [-0.2, 0) is 11.3 Å². The normalized spacial score (nSPS) is 20.3. The number of hydrogen-bond acceptors (Lipinski definition) is 7. The maximum Gasteiger partial charge on any atom is 0.269 e. The van der Waals surface area contributed by atoms with E-state index in [2.05, 4.69) is 28.0 Å². The van der Waals surface area contributed by atoms with Crippen LogP contribution in [0.5, 0.6) is 0 Å². The average Bonchev–Trinajstić information content (AvgIpc) is 3.45. The van der Waals surface area contributed by atoms with Crippen molar-refractivity contribution in [2.24, 2.45) is 4.99 Å². The third-order valence-electron chi connectivity index (χ3n) is 7.00. The van der Waals surface area contributed by atoms with E-state index >= 15 is 0 Å². The van der Waals surface area contributed by atoms with Crippen molar-refractivity contribution < 1.29 is 4.79 Å². The van der Waals surface area contributed by atoms with E-state index in [9.17, 15) is 10.1 Å². The highest BCUT2D eigenvalue weighted by Crippen LogP contribution is 2.50. The van der Waals surface area contributed by atoms with Crippen molar-refractivity contribution in [3.63, 3.8) is 0 Å². The highest BCUT2D eigenvalue weighted by atomic mass is 32.2. The van der Waals surface area contributed by atoms with Crippen LogP contribution in [0.4, 0.5) is 17.1 Å². The summed E-state index contributed by atoms with van der Waals surface area (Å²) in [6.45, 7) is 2.37. The number of para-hydroxylation sites is 1. The molecule has 3 aliphatic rings. The van der Waals surface area contributed by atoms with Crippen molar-refractivity contribution in [2.45, 2.75) is 30.7 Å². The second-order valence-corrected chi connectivity index (χ2v) is 11.5. The number of nitrogens with zero attached hydrogens (tertiary/aromatic N) is 5. The molecule has 0 atom stereocenters. The van der Waals surface area contributed by atoms with Gasteiger partial charge in [0.25, 0.3) is 5.91 Å². The van der Waals surface area contributed by atoms with Crippen LogP contribution in [0.15, 0.2) is 92.6 Å². The van der Waals surface area contributed by atoms with Crippen molar-refractivity contribution in [3.05, 3.63) is 93.9 Å². The van der Waals surface area contributed by atoms with Gasteiger partial charge < -0.3 is 9.80 Å². The number of hydrogen-bond donors (Lipinski definition) is 0. The number of piperidine rings is 1. The summed E-state index contributed by atoms with van der Waals surface area (Å²) in [7, 11) is 2.01. The number of thioether (sulfide) groups is 2. The van der Waals surface area contributed by atoms with Crippen molar-refractivity contribution in [2.75, 3.05) is 29.9 Å². The molecule has 6 rings (SSSR count). The predicted octanol–water partition coefficient (Wildman–Crippen LogP) is 6.72. The Morgan fingerprint density at radius 3 is 2.45 bits per heavy atom. The van der Waals surface area contributed by atoms with Gasteiger partial charge in [-0.25, -0.2) is 4.99 Å². The van der Waals surface area contributed by atoms with Crippen LogP contribution >= 0.6 is 23.5 Å². The van der Waals surface area contributed by atoms with Crippen LogP contribution in [0.3, 0.4) is 0 Å². The number of carbonyl (C=O) groups excluding carboxylic acids is 1. The largest absolute Gasteiger partial charge is 0.370 e. The fourth-order valence-corrected chi connectivity index (χ4v) is 7.35. The number of anilines is 2. The first-order valence-corrected chi connectivity index (χ1v) is 14.4. The van der Waals surface area contributed by atoms with E-state index in [-0.39, 0.29) is 5.91 Å². The van der Waals surface area contributed by atoms with Gasteiger partial charge in [0.05, 0.1) is 40.3 Å². The molecule has 6 nitrogen and oxygen atoms in total. The van der Waals surface area contributed by atoms with Gasteiger partial charge in [-0.15, -0.1) is 0 Å². The minimum Gasteiger partial charge on any atom is -0.370 e. The van der Waals surface area contributed by atoms with Gasteiger partial charge in [-0.05, 0) is 66.9 Å². The number of amidine groups is 1. The fraction of sp³-hybridized carbons (Fsp3) is 0.233. The van der Waals surface area contributed by atoms with E-state index in [0.29, 0.717) is 22.2 Å². The third-order valence-corrected chi connectivity index (χ3v) is 9.43. The summed E-state index contributed by atoms with van der Waals surface area (Å²) in [6, 6.07) is 26.2. The quantitative estimate of drug-likeness (QED) is 0.344. The highest BCUT2D eigenvalue weighted by Gasteiger charge is 2.39. The molecule has 3 aromatic carbocycles. The minimum atomic E-state index is -0.0456. The SMILES string of the molecule is CN1C(=C2SC(=Nc3cc(C#N)ccc3N3CCCCC3)N(Cc3ccccc3)C2=O)Sc2ccccc21. The lowest BCUT2D eigenvalue weighted by Crippen LogP contribution is -2.30. The van der Waals surface area contributed by atoms with Crippen LogP contribution in [0, 0.1) is 11.3 Å². The molecule has 3 aromatic rings. The zero-order valence-corrected chi connectivity index (χ0v) is 22.8. The Labute approximate surface area is 231 Å². The summed E-state index contributed by atoms with van der Waals surface area (Å²) in [6.07, 6.45) is 3.52. The molecule has 190 valence electrons. The molecule has 0 saturated carbocycles. The van der Waals surface area contributed by atoms with E-state index in [1.807, 2.05) is 67.7 Å². The van der Waals surface area contributed by atoms with Gasteiger partial charge >= 0.3 is 0 Å². The maximum atomic E-state index is 14.0. The third kappa shape index (κ3) is 4.68. The minimum absolute atomic E-state index is 0.0456. The lowest BCUT2D eigenvalue weighted by molar-refractivity contribution is -0.122. The number of nitriles is 1. The zero-order valence-electron chi connectivity index (χ0n) is 21.1. The summed E-state index contributed by atoms with van der Waals surface area (Å²) < 4.78 is 0. The molecule has 2 saturated heterocycles. The van der Waals surface area contributed by atoms with Gasteiger partial charge in [-0.2, -0.15) is 5.26 Å². The molecule has 3 aliphatic heterocycles. The molecule has 0 radical (unpaired) electrons. The molecule has 38 heavy (non-hydrogen) atoms. The summed E-state index contributed by atoms with van der Waals surface area (Å²) in [5, 5.41) is 11.2. The van der Waals surface area contributed by atoms with E-state index < -0.39 is 0 Å². The molecule has 3 heterocycles. The predicted molar refractivity (Wildman–Crippen MR) is 157 cm³/mol. The molecule has 2 fully saturated rings. The monoisotopic (exact) mass is 537 g/mol. The fourth-order valence-electron chi connectivity index (χ4n) is 5.01. The number of benzene rings is 3. The number of amides is 1. The van der Waals surface area contributed by atoms with Crippen LogP contribution in [0.2, 0.25) is 0 Å². The Kier molecular flexibility index (Phi) is 6.88. The summed E-state index contributed by atoms with van der Waals surface area (Å²) in [4.78, 5) is 27.1. The molecular weight excluding hydrogens is 510 g/mol. The van der Waals surface area contributed by atoms with Gasteiger partial charge in [0.2, 0.25) is 0 Å². The van der Waals surface area contributed by atoms with Crippen LogP contribution in [-0.4, -0.2) is 36.1 Å². The van der Waals surface area contributed by atoms with E-state index in [0.717, 1.165) is 58.5 Å². The average molecular weight is 538 g/mol. The van der Waals surface area contributed by atoms with Gasteiger partial charge in [0.1, 0.15) is 4.91 Å². The zero-order chi connectivity index (χ0) is 26.1. The number of rotatable bonds is 4. The van der Waals surface area contributed by atoms with Crippen LogP contribution in [0.1, 0.15) is 30.4 Å². The summed E-state index contributed by atoms with van der Waals surface area (Å²) >= 11 is 3.05. The van der Waals surface area contributed by atoms with Crippen molar-refractivity contribution >= 4 is 51.7 Å². The van der Waals surface area contributed by atoms with Crippen molar-refractivity contribution in [3.8, 4) is 6.07 Å². The lowest BCUT2D eigenvalue weighted by atomic mass is 10.1. The van der Waals surface area contributed by atoms with Crippen molar-refractivity contribution in [1.82, 2.24) is 4.90 Å². The Hall–Kier alpha value is -3.67. The molecule has 1 amide bonds. The second kappa shape index (κ2) is 10.6. The molecule has 0 aromatic heterocycles. The van der Waals surface area contributed by atoms with Crippen LogP contribution < -0.4 is 9.80 Å². The van der Waals surface area contributed by atoms with E-state index in [1.54, 1.807) is 16.7 Å². The summed E-state index contributed by atoms with van der Waals surface area (Å²) in [5.41, 5.74) is 4.46. The highest BCUT2D eigenvalue weighted by molar-refractivity contribution is 8.19. The van der Waals surface area contributed by atoms with E-state index in [1.165, 1.54) is 18.2 Å². The van der Waals surface area contributed by atoms with Gasteiger partial charge in [-0.1, -0.05) is 54.2 Å². The molecule has 8 heteroatoms. The molecule has 0 unspecified atom stereocenters. The smallest absolute Gasteiger partial charge is 0.269 e. The molecule has 0 bridgehead atoms. The number of aliphatic imine (C=N–C) groups is 1. The standard InChI is InChI=1S/C30H27N5OS2/c1-33-25-12-6-7-13-26(25)37-29(33)27-28(36)35(20-21-10-4-2-5-11-21)30(38-27)32-23-18-22(19-31)14-15-24(23)34-16-8-3-9-17-34/h2,4-7,10-15,18H,3,8-9,16-17,20H2,1H3. The van der Waals surface area contributed by atoms with Gasteiger partial charge in [-0.3, -0.25) is 9.69 Å². The molecule has 0 aliphatic carbocycles. The second-order valence-electron chi connectivity index (χ2n) is 9.50. The molecular formula is C30H27N5OS2. The number of carbonyl (C=O) groups is 1. The Balaban J connectivity index is 1.44. The first kappa shape index (κ1) is 24.7. The van der Waals surface area contributed by atoms with Gasteiger partial charge in [0.15, 0.2) is 5.17 Å². The Morgan fingerprint density at radius 2 is 1.68 bits per heavy atom. The van der Waals surface area contributed by atoms with Crippen molar-refractivity contribution in [1.29, 1.82) is 5.26 Å². The van der Waals surface area contributed by atoms with E-state index in [4.69, 9.17) is 4.99 Å². The maximum absolute atomic E-state index is 14.0. The Bertz CT molecular complexity index is 1490. The van der Waals surface area contributed by atoms with Gasteiger partial charge in [0, 0.05) is 25.0 Å². The molecule has 0 spiro atoms. The Morgan fingerprint density at radius 1 is 0.921 bits per heavy atom. The number of fused-ring (bicyclic) bond motifs is 1. The first-order valence-electron chi connectivity index (χ1n) is 12.8. The lowest BCUT2D eigenvalue weighted by Gasteiger charge is -2.30. The summed E-state index contributed by atoms with van der Waals surface area (Å²) in [5.74, 6) is -0.0456. The first-order chi connectivity index (χ1) is 18.6. The topological polar surface area (TPSA) is 62.9 Å². The van der Waals surface area contributed by atoms with Crippen LogP contribution in [0.25, 0.3) is 0 Å².